The molecule has 15 heavy (non-hydrogen) atoms. The van der Waals surface area contributed by atoms with Crippen molar-refractivity contribution in [1.82, 2.24) is 0 Å². The number of hydrogen-bond donors (Lipinski definition) is 0. The Morgan fingerprint density at radius 1 is 1.27 bits per heavy atom. The Bertz CT molecular complexity index is 207. The van der Waals surface area contributed by atoms with Crippen LogP contribution in [0, 0.1) is 17.8 Å². The first-order valence-electron chi connectivity index (χ1n) is 6.21. The van der Waals surface area contributed by atoms with Crippen molar-refractivity contribution in [3.05, 3.63) is 0 Å². The lowest BCUT2D eigenvalue weighted by molar-refractivity contribution is -0.153. The quantitative estimate of drug-likeness (QED) is 0.653. The Hall–Kier alpha value is -0.530. The van der Waals surface area contributed by atoms with Gasteiger partial charge in [-0.2, -0.15) is 0 Å². The van der Waals surface area contributed by atoms with Gasteiger partial charge < -0.3 is 4.74 Å². The van der Waals surface area contributed by atoms with Crippen LogP contribution in [0.4, 0.5) is 0 Å². The predicted octanol–water partition coefficient (Wildman–Crippen LogP) is 3.40. The smallest absolute Gasteiger partial charge is 0.309 e. The van der Waals surface area contributed by atoms with Crippen molar-refractivity contribution < 1.29 is 9.53 Å². The second-order valence-corrected chi connectivity index (χ2v) is 5.28. The van der Waals surface area contributed by atoms with Gasteiger partial charge in [-0.3, -0.25) is 4.79 Å². The third-order valence-corrected chi connectivity index (χ3v) is 3.51. The standard InChI is InChI=1S/C13H24O2/c1-9(2)15-13(14)11(4)10(3)8-12-6-5-7-12/h9-12H,5-8H2,1-4H3. The van der Waals surface area contributed by atoms with Gasteiger partial charge in [-0.25, -0.2) is 0 Å². The zero-order valence-corrected chi connectivity index (χ0v) is 10.5. The van der Waals surface area contributed by atoms with E-state index >= 15 is 0 Å². The summed E-state index contributed by atoms with van der Waals surface area (Å²) in [6.07, 6.45) is 5.29. The SMILES string of the molecule is CC(C)OC(=O)C(C)C(C)CC1CCC1. The zero-order valence-electron chi connectivity index (χ0n) is 10.5. The first-order chi connectivity index (χ1) is 7.00. The molecule has 0 radical (unpaired) electrons. The molecule has 0 amide bonds. The highest BCUT2D eigenvalue weighted by molar-refractivity contribution is 5.72. The van der Waals surface area contributed by atoms with Gasteiger partial charge in [0.15, 0.2) is 0 Å². The summed E-state index contributed by atoms with van der Waals surface area (Å²) in [7, 11) is 0. The van der Waals surface area contributed by atoms with Crippen LogP contribution in [0.3, 0.4) is 0 Å². The Kier molecular flexibility index (Phi) is 4.62. The van der Waals surface area contributed by atoms with Crippen LogP contribution < -0.4 is 0 Å². The molecule has 0 spiro atoms. The molecule has 0 heterocycles. The maximum Gasteiger partial charge on any atom is 0.309 e. The lowest BCUT2D eigenvalue weighted by Crippen LogP contribution is -2.26. The minimum Gasteiger partial charge on any atom is -0.463 e. The maximum absolute atomic E-state index is 11.7. The van der Waals surface area contributed by atoms with Gasteiger partial charge in [0.2, 0.25) is 0 Å². The fraction of sp³-hybridized carbons (Fsp3) is 0.923. The molecule has 0 saturated heterocycles. The monoisotopic (exact) mass is 212 g/mol. The normalized spacial score (nSPS) is 20.9. The Morgan fingerprint density at radius 3 is 2.27 bits per heavy atom. The number of carbonyl (C=O) groups excluding carboxylic acids is 1. The summed E-state index contributed by atoms with van der Waals surface area (Å²) < 4.78 is 5.23. The molecule has 1 fully saturated rings. The van der Waals surface area contributed by atoms with Crippen LogP contribution in [-0.2, 0) is 9.53 Å². The summed E-state index contributed by atoms with van der Waals surface area (Å²) in [5.41, 5.74) is 0. The number of carbonyl (C=O) groups is 1. The van der Waals surface area contributed by atoms with Gasteiger partial charge in [0, 0.05) is 0 Å². The van der Waals surface area contributed by atoms with Crippen molar-refractivity contribution in [2.75, 3.05) is 0 Å². The van der Waals surface area contributed by atoms with Gasteiger partial charge in [-0.05, 0) is 32.1 Å². The van der Waals surface area contributed by atoms with Crippen molar-refractivity contribution >= 4 is 5.97 Å². The van der Waals surface area contributed by atoms with E-state index in [1.54, 1.807) is 0 Å². The Labute approximate surface area is 93.4 Å². The van der Waals surface area contributed by atoms with E-state index in [4.69, 9.17) is 4.74 Å². The molecule has 88 valence electrons. The van der Waals surface area contributed by atoms with E-state index in [0.29, 0.717) is 5.92 Å². The number of hydrogen-bond acceptors (Lipinski definition) is 2. The van der Waals surface area contributed by atoms with Gasteiger partial charge in [-0.1, -0.05) is 33.1 Å². The molecule has 0 aromatic heterocycles. The molecular weight excluding hydrogens is 188 g/mol. The molecule has 0 aromatic carbocycles. The van der Waals surface area contributed by atoms with Gasteiger partial charge in [0.1, 0.15) is 0 Å². The van der Waals surface area contributed by atoms with Crippen LogP contribution in [0.15, 0.2) is 0 Å². The molecule has 0 bridgehead atoms. The minimum absolute atomic E-state index is 0.0100. The number of ether oxygens (including phenoxy) is 1. The third kappa shape index (κ3) is 3.84. The van der Waals surface area contributed by atoms with Crippen LogP contribution >= 0.6 is 0 Å². The highest BCUT2D eigenvalue weighted by atomic mass is 16.5. The Morgan fingerprint density at radius 2 is 1.87 bits per heavy atom. The molecule has 2 nitrogen and oxygen atoms in total. The van der Waals surface area contributed by atoms with E-state index < -0.39 is 0 Å². The van der Waals surface area contributed by atoms with E-state index in [2.05, 4.69) is 6.92 Å². The summed E-state index contributed by atoms with van der Waals surface area (Å²) in [4.78, 5) is 11.7. The maximum atomic E-state index is 11.7. The first kappa shape index (κ1) is 12.5. The summed E-state index contributed by atoms with van der Waals surface area (Å²) in [6, 6.07) is 0. The van der Waals surface area contributed by atoms with Crippen molar-refractivity contribution in [1.29, 1.82) is 0 Å². The summed E-state index contributed by atoms with van der Waals surface area (Å²) in [5, 5.41) is 0. The molecule has 2 atom stereocenters. The fourth-order valence-electron chi connectivity index (χ4n) is 2.03. The van der Waals surface area contributed by atoms with E-state index in [1.807, 2.05) is 20.8 Å². The third-order valence-electron chi connectivity index (χ3n) is 3.51. The molecule has 0 aliphatic heterocycles. The molecule has 2 unspecified atom stereocenters. The average molecular weight is 212 g/mol. The Balaban J connectivity index is 2.29. The summed E-state index contributed by atoms with van der Waals surface area (Å²) >= 11 is 0. The molecule has 1 aliphatic carbocycles. The number of esters is 1. The van der Waals surface area contributed by atoms with E-state index in [-0.39, 0.29) is 18.0 Å². The van der Waals surface area contributed by atoms with Crippen LogP contribution in [0.5, 0.6) is 0 Å². The van der Waals surface area contributed by atoms with Gasteiger partial charge in [0.25, 0.3) is 0 Å². The molecule has 2 heteroatoms. The highest BCUT2D eigenvalue weighted by Gasteiger charge is 2.27. The molecular formula is C13H24O2. The van der Waals surface area contributed by atoms with Crippen LogP contribution in [0.2, 0.25) is 0 Å². The molecule has 1 aliphatic rings. The van der Waals surface area contributed by atoms with E-state index in [1.165, 1.54) is 25.7 Å². The summed E-state index contributed by atoms with van der Waals surface area (Å²) in [5.74, 6) is 1.35. The van der Waals surface area contributed by atoms with Crippen molar-refractivity contribution in [2.24, 2.45) is 17.8 Å². The van der Waals surface area contributed by atoms with Crippen LogP contribution in [0.25, 0.3) is 0 Å². The molecule has 0 aromatic rings. The lowest BCUT2D eigenvalue weighted by Gasteiger charge is -2.30. The predicted molar refractivity (Wildman–Crippen MR) is 61.5 cm³/mol. The van der Waals surface area contributed by atoms with E-state index in [0.717, 1.165) is 5.92 Å². The zero-order chi connectivity index (χ0) is 11.4. The average Bonchev–Trinajstić information content (AvgIpc) is 2.08. The largest absolute Gasteiger partial charge is 0.463 e. The van der Waals surface area contributed by atoms with Gasteiger partial charge in [0.05, 0.1) is 12.0 Å². The van der Waals surface area contributed by atoms with Crippen LogP contribution in [-0.4, -0.2) is 12.1 Å². The topological polar surface area (TPSA) is 26.3 Å². The van der Waals surface area contributed by atoms with Crippen molar-refractivity contribution in [2.45, 2.75) is 59.5 Å². The lowest BCUT2D eigenvalue weighted by atomic mass is 9.76. The van der Waals surface area contributed by atoms with E-state index in [9.17, 15) is 4.79 Å². The van der Waals surface area contributed by atoms with Gasteiger partial charge >= 0.3 is 5.97 Å². The first-order valence-corrected chi connectivity index (χ1v) is 6.21. The highest BCUT2D eigenvalue weighted by Crippen LogP contribution is 2.34. The second kappa shape index (κ2) is 5.53. The molecule has 0 N–H and O–H groups in total. The van der Waals surface area contributed by atoms with Crippen molar-refractivity contribution in [3.8, 4) is 0 Å². The minimum atomic E-state index is -0.0307. The fourth-order valence-corrected chi connectivity index (χ4v) is 2.03. The molecule has 1 saturated carbocycles. The van der Waals surface area contributed by atoms with Gasteiger partial charge in [-0.15, -0.1) is 0 Å². The van der Waals surface area contributed by atoms with Crippen LogP contribution in [0.1, 0.15) is 53.4 Å². The summed E-state index contributed by atoms with van der Waals surface area (Å²) in [6.45, 7) is 7.97. The molecule has 1 rings (SSSR count). The number of rotatable bonds is 5. The van der Waals surface area contributed by atoms with Crippen molar-refractivity contribution in [3.63, 3.8) is 0 Å². The second-order valence-electron chi connectivity index (χ2n) is 5.28.